The fourth-order valence-corrected chi connectivity index (χ4v) is 2.30. The molecule has 1 aromatic rings. The molecule has 1 saturated heterocycles. The fraction of sp³-hybridized carbons (Fsp3) is 0.571. The molecule has 0 aromatic carbocycles. The van der Waals surface area contributed by atoms with Crippen molar-refractivity contribution in [1.29, 1.82) is 5.41 Å². The zero-order valence-electron chi connectivity index (χ0n) is 11.1. The van der Waals surface area contributed by atoms with Gasteiger partial charge >= 0.3 is 0 Å². The van der Waals surface area contributed by atoms with Crippen LogP contribution in [0.15, 0.2) is 18.3 Å². The third-order valence-electron chi connectivity index (χ3n) is 3.29. The number of nitrogens with zero attached hydrogens (tertiary/aromatic N) is 2. The second-order valence-electron chi connectivity index (χ2n) is 4.87. The van der Waals surface area contributed by atoms with Gasteiger partial charge in [0.05, 0.1) is 5.56 Å². The van der Waals surface area contributed by atoms with E-state index in [-0.39, 0.29) is 6.61 Å². The number of nitrogens with one attached hydrogen (secondary N) is 1. The van der Waals surface area contributed by atoms with E-state index in [1.165, 1.54) is 25.5 Å². The van der Waals surface area contributed by atoms with Gasteiger partial charge in [0.15, 0.2) is 0 Å². The molecule has 0 radical (unpaired) electrons. The number of rotatable bonds is 6. The van der Waals surface area contributed by atoms with Crippen LogP contribution in [0.25, 0.3) is 0 Å². The lowest BCUT2D eigenvalue weighted by molar-refractivity contribution is 0.0602. The molecule has 2 rings (SSSR count). The molecule has 0 amide bonds. The Morgan fingerprint density at radius 1 is 1.42 bits per heavy atom. The molecule has 5 heteroatoms. The van der Waals surface area contributed by atoms with Crippen molar-refractivity contribution in [3.8, 4) is 5.88 Å². The van der Waals surface area contributed by atoms with Crippen LogP contribution in [0.1, 0.15) is 24.8 Å². The SMILES string of the molecule is N=Cc1cccnc1OCC(O)CN1CCCCC1. The highest BCUT2D eigenvalue weighted by Crippen LogP contribution is 2.13. The molecule has 0 aliphatic carbocycles. The van der Waals surface area contributed by atoms with Gasteiger partial charge in [-0.3, -0.25) is 0 Å². The molecule has 104 valence electrons. The molecule has 1 aliphatic rings. The molecule has 2 N–H and O–H groups in total. The van der Waals surface area contributed by atoms with Crippen LogP contribution in [-0.2, 0) is 0 Å². The van der Waals surface area contributed by atoms with Gasteiger partial charge in [-0.25, -0.2) is 4.98 Å². The van der Waals surface area contributed by atoms with Gasteiger partial charge in [-0.15, -0.1) is 0 Å². The quantitative estimate of drug-likeness (QED) is 0.759. The summed E-state index contributed by atoms with van der Waals surface area (Å²) in [4.78, 5) is 6.34. The topological polar surface area (TPSA) is 69.4 Å². The molecule has 2 heterocycles. The van der Waals surface area contributed by atoms with E-state index in [9.17, 15) is 5.11 Å². The second-order valence-corrected chi connectivity index (χ2v) is 4.87. The lowest BCUT2D eigenvalue weighted by atomic mass is 10.1. The largest absolute Gasteiger partial charge is 0.474 e. The zero-order valence-corrected chi connectivity index (χ0v) is 11.1. The average Bonchev–Trinajstić information content (AvgIpc) is 2.46. The van der Waals surface area contributed by atoms with Crippen molar-refractivity contribution < 1.29 is 9.84 Å². The maximum Gasteiger partial charge on any atom is 0.222 e. The summed E-state index contributed by atoms with van der Waals surface area (Å²) in [7, 11) is 0. The first-order valence-electron chi connectivity index (χ1n) is 6.78. The standard InChI is InChI=1S/C14H21N3O2/c15-9-12-5-4-6-16-14(12)19-11-13(18)10-17-7-2-1-3-8-17/h4-6,9,13,15,18H,1-3,7-8,10-11H2. The van der Waals surface area contributed by atoms with Gasteiger partial charge in [-0.1, -0.05) is 6.42 Å². The van der Waals surface area contributed by atoms with Crippen LogP contribution in [0, 0.1) is 5.41 Å². The molecule has 5 nitrogen and oxygen atoms in total. The van der Waals surface area contributed by atoms with Gasteiger partial charge in [-0.2, -0.15) is 0 Å². The molecule has 1 fully saturated rings. The average molecular weight is 263 g/mol. The Balaban J connectivity index is 1.79. The smallest absolute Gasteiger partial charge is 0.222 e. The van der Waals surface area contributed by atoms with E-state index in [1.54, 1.807) is 18.3 Å². The molecule has 1 aromatic heterocycles. The number of aromatic nitrogens is 1. The van der Waals surface area contributed by atoms with Gasteiger partial charge in [0.25, 0.3) is 0 Å². The minimum absolute atomic E-state index is 0.217. The number of pyridine rings is 1. The third kappa shape index (κ3) is 4.29. The summed E-state index contributed by atoms with van der Waals surface area (Å²) in [5, 5.41) is 17.2. The van der Waals surface area contributed by atoms with Gasteiger partial charge in [-0.05, 0) is 38.1 Å². The molecule has 0 spiro atoms. The zero-order chi connectivity index (χ0) is 13.5. The predicted octanol–water partition coefficient (Wildman–Crippen LogP) is 1.30. The summed E-state index contributed by atoms with van der Waals surface area (Å²) in [6.45, 7) is 2.99. The number of piperidine rings is 1. The summed E-state index contributed by atoms with van der Waals surface area (Å²) in [5.74, 6) is 0.412. The van der Waals surface area contributed by atoms with Crippen molar-refractivity contribution in [3.63, 3.8) is 0 Å². The Hall–Kier alpha value is -1.46. The number of ether oxygens (including phenoxy) is 1. The van der Waals surface area contributed by atoms with Crippen LogP contribution in [-0.4, -0.2) is 53.6 Å². The Kier molecular flexibility index (Phi) is 5.30. The number of hydrogen-bond donors (Lipinski definition) is 2. The third-order valence-corrected chi connectivity index (χ3v) is 3.29. The summed E-state index contributed by atoms with van der Waals surface area (Å²) in [6.07, 6.45) is 6.04. The molecule has 0 bridgehead atoms. The number of aliphatic hydroxyl groups excluding tert-OH is 1. The van der Waals surface area contributed by atoms with E-state index in [4.69, 9.17) is 10.1 Å². The normalized spacial score (nSPS) is 17.9. The predicted molar refractivity (Wildman–Crippen MR) is 73.9 cm³/mol. The van der Waals surface area contributed by atoms with Crippen molar-refractivity contribution >= 4 is 6.21 Å². The summed E-state index contributed by atoms with van der Waals surface area (Å²) >= 11 is 0. The Bertz CT molecular complexity index is 405. The van der Waals surface area contributed by atoms with Crippen molar-refractivity contribution in [3.05, 3.63) is 23.9 Å². The van der Waals surface area contributed by atoms with Gasteiger partial charge < -0.3 is 20.2 Å². The van der Waals surface area contributed by atoms with Crippen molar-refractivity contribution in [2.75, 3.05) is 26.2 Å². The minimum Gasteiger partial charge on any atom is -0.474 e. The first-order chi connectivity index (χ1) is 9.29. The number of aliphatic hydroxyl groups is 1. The van der Waals surface area contributed by atoms with Crippen LogP contribution >= 0.6 is 0 Å². The van der Waals surface area contributed by atoms with E-state index >= 15 is 0 Å². The van der Waals surface area contributed by atoms with Crippen LogP contribution in [0.5, 0.6) is 5.88 Å². The van der Waals surface area contributed by atoms with Crippen LogP contribution in [0.3, 0.4) is 0 Å². The lowest BCUT2D eigenvalue weighted by Crippen LogP contribution is -2.38. The van der Waals surface area contributed by atoms with Gasteiger partial charge in [0.2, 0.25) is 5.88 Å². The van der Waals surface area contributed by atoms with Gasteiger partial charge in [0, 0.05) is 19.0 Å². The first-order valence-corrected chi connectivity index (χ1v) is 6.78. The minimum atomic E-state index is -0.515. The van der Waals surface area contributed by atoms with Gasteiger partial charge in [0.1, 0.15) is 12.7 Å². The summed E-state index contributed by atoms with van der Waals surface area (Å²) in [5.41, 5.74) is 0.632. The molecule has 19 heavy (non-hydrogen) atoms. The van der Waals surface area contributed by atoms with E-state index in [0.29, 0.717) is 18.0 Å². The molecular formula is C14H21N3O2. The van der Waals surface area contributed by atoms with Crippen molar-refractivity contribution in [2.45, 2.75) is 25.4 Å². The van der Waals surface area contributed by atoms with Crippen LogP contribution in [0.4, 0.5) is 0 Å². The summed E-state index contributed by atoms with van der Waals surface area (Å²) < 4.78 is 5.49. The van der Waals surface area contributed by atoms with E-state index in [2.05, 4.69) is 9.88 Å². The fourth-order valence-electron chi connectivity index (χ4n) is 2.30. The number of β-amino-alcohol motifs (C(OH)–C–C–N with tert-alkyl or cyclic N) is 1. The highest BCUT2D eigenvalue weighted by Gasteiger charge is 2.15. The van der Waals surface area contributed by atoms with Crippen LogP contribution < -0.4 is 4.74 Å². The monoisotopic (exact) mass is 263 g/mol. The Morgan fingerprint density at radius 2 is 2.21 bits per heavy atom. The van der Waals surface area contributed by atoms with E-state index in [0.717, 1.165) is 13.1 Å². The molecule has 0 saturated carbocycles. The molecule has 1 unspecified atom stereocenters. The highest BCUT2D eigenvalue weighted by molar-refractivity contribution is 5.79. The maximum absolute atomic E-state index is 9.97. The number of likely N-dealkylation sites (tertiary alicyclic amines) is 1. The van der Waals surface area contributed by atoms with E-state index < -0.39 is 6.10 Å². The second kappa shape index (κ2) is 7.21. The molecule has 1 atom stereocenters. The maximum atomic E-state index is 9.97. The summed E-state index contributed by atoms with van der Waals surface area (Å²) in [6, 6.07) is 3.53. The lowest BCUT2D eigenvalue weighted by Gasteiger charge is -2.28. The highest BCUT2D eigenvalue weighted by atomic mass is 16.5. The number of hydrogen-bond acceptors (Lipinski definition) is 5. The van der Waals surface area contributed by atoms with Crippen molar-refractivity contribution in [2.24, 2.45) is 0 Å². The molecule has 1 aliphatic heterocycles. The van der Waals surface area contributed by atoms with E-state index in [1.807, 2.05) is 0 Å². The van der Waals surface area contributed by atoms with Crippen molar-refractivity contribution in [1.82, 2.24) is 9.88 Å². The Labute approximate surface area is 113 Å². The van der Waals surface area contributed by atoms with Crippen LogP contribution in [0.2, 0.25) is 0 Å². The molecular weight excluding hydrogens is 242 g/mol. The Morgan fingerprint density at radius 3 is 2.95 bits per heavy atom. The first kappa shape index (κ1) is 14.0.